The molecular formula is C18H14ClN3O2. The molecule has 0 saturated heterocycles. The third-order valence-corrected chi connectivity index (χ3v) is 3.63. The van der Waals surface area contributed by atoms with E-state index in [-0.39, 0.29) is 17.2 Å². The number of anilines is 1. The van der Waals surface area contributed by atoms with E-state index in [1.165, 1.54) is 16.8 Å². The van der Waals surface area contributed by atoms with Crippen molar-refractivity contribution in [3.05, 3.63) is 93.4 Å². The average molecular weight is 340 g/mol. The first-order chi connectivity index (χ1) is 11.6. The third kappa shape index (κ3) is 3.88. The number of amides is 1. The van der Waals surface area contributed by atoms with E-state index in [2.05, 4.69) is 10.4 Å². The van der Waals surface area contributed by atoms with Crippen LogP contribution in [-0.4, -0.2) is 15.7 Å². The van der Waals surface area contributed by atoms with Crippen molar-refractivity contribution in [3.63, 3.8) is 0 Å². The summed E-state index contributed by atoms with van der Waals surface area (Å²) in [5, 5.41) is 7.45. The minimum absolute atomic E-state index is 0.167. The number of rotatable bonds is 4. The Bertz CT molecular complexity index is 906. The highest BCUT2D eigenvalue weighted by molar-refractivity contribution is 6.30. The Kier molecular flexibility index (Phi) is 4.72. The van der Waals surface area contributed by atoms with Crippen molar-refractivity contribution in [3.8, 4) is 0 Å². The highest BCUT2D eigenvalue weighted by Crippen LogP contribution is 2.14. The number of nitrogens with zero attached hydrogens (tertiary/aromatic N) is 2. The van der Waals surface area contributed by atoms with Crippen molar-refractivity contribution in [1.82, 2.24) is 9.78 Å². The van der Waals surface area contributed by atoms with Crippen molar-refractivity contribution in [1.29, 1.82) is 0 Å². The molecule has 2 aromatic carbocycles. The second kappa shape index (κ2) is 7.10. The van der Waals surface area contributed by atoms with Crippen molar-refractivity contribution in [2.45, 2.75) is 6.54 Å². The van der Waals surface area contributed by atoms with Gasteiger partial charge in [0, 0.05) is 16.8 Å². The van der Waals surface area contributed by atoms with E-state index in [0.29, 0.717) is 17.3 Å². The molecule has 0 saturated carbocycles. The fourth-order valence-electron chi connectivity index (χ4n) is 2.17. The molecule has 120 valence electrons. The molecule has 1 aromatic heterocycles. The summed E-state index contributed by atoms with van der Waals surface area (Å²) in [7, 11) is 0. The summed E-state index contributed by atoms with van der Waals surface area (Å²) in [5.74, 6) is -0.390. The van der Waals surface area contributed by atoms with Crippen LogP contribution >= 0.6 is 11.6 Å². The number of benzene rings is 2. The van der Waals surface area contributed by atoms with Crippen LogP contribution in [0.4, 0.5) is 5.69 Å². The van der Waals surface area contributed by atoms with Crippen molar-refractivity contribution in [2.75, 3.05) is 5.32 Å². The van der Waals surface area contributed by atoms with Crippen LogP contribution in [-0.2, 0) is 6.54 Å². The first-order valence-corrected chi connectivity index (χ1v) is 7.68. The summed E-state index contributed by atoms with van der Waals surface area (Å²) in [6, 6.07) is 19.0. The molecule has 3 rings (SSSR count). The molecule has 0 bridgehead atoms. The molecule has 1 amide bonds. The SMILES string of the molecule is O=C(Nc1ccc(Cl)cc1)c1ccc(=O)n(Cc2ccccc2)n1. The minimum Gasteiger partial charge on any atom is -0.321 e. The summed E-state index contributed by atoms with van der Waals surface area (Å²) >= 11 is 5.82. The third-order valence-electron chi connectivity index (χ3n) is 3.38. The Hall–Kier alpha value is -2.92. The normalized spacial score (nSPS) is 10.4. The van der Waals surface area contributed by atoms with E-state index in [0.717, 1.165) is 5.56 Å². The maximum absolute atomic E-state index is 12.3. The first kappa shape index (κ1) is 16.0. The molecule has 24 heavy (non-hydrogen) atoms. The van der Waals surface area contributed by atoms with E-state index >= 15 is 0 Å². The van der Waals surface area contributed by atoms with Gasteiger partial charge in [0.2, 0.25) is 0 Å². The molecule has 0 aliphatic rings. The number of aromatic nitrogens is 2. The second-order valence-electron chi connectivity index (χ2n) is 5.16. The number of carbonyl (C=O) groups is 1. The fraction of sp³-hybridized carbons (Fsp3) is 0.0556. The molecule has 0 aliphatic carbocycles. The van der Waals surface area contributed by atoms with Crippen molar-refractivity contribution < 1.29 is 4.79 Å². The van der Waals surface area contributed by atoms with Gasteiger partial charge in [-0.25, -0.2) is 4.68 Å². The van der Waals surface area contributed by atoms with E-state index in [1.54, 1.807) is 24.3 Å². The lowest BCUT2D eigenvalue weighted by molar-refractivity contribution is 0.102. The van der Waals surface area contributed by atoms with Gasteiger partial charge in [0.25, 0.3) is 11.5 Å². The topological polar surface area (TPSA) is 64.0 Å². The molecule has 5 nitrogen and oxygen atoms in total. The Balaban J connectivity index is 1.81. The number of nitrogens with one attached hydrogen (secondary N) is 1. The molecule has 0 fully saturated rings. The Morgan fingerprint density at radius 1 is 1.00 bits per heavy atom. The van der Waals surface area contributed by atoms with Gasteiger partial charge < -0.3 is 5.32 Å². The lowest BCUT2D eigenvalue weighted by Gasteiger charge is -2.08. The molecule has 0 aliphatic heterocycles. The summed E-state index contributed by atoms with van der Waals surface area (Å²) in [5.41, 5.74) is 1.44. The maximum Gasteiger partial charge on any atom is 0.276 e. The number of carbonyl (C=O) groups excluding carboxylic acids is 1. The molecule has 1 heterocycles. The van der Waals surface area contributed by atoms with Crippen LogP contribution < -0.4 is 10.9 Å². The largest absolute Gasteiger partial charge is 0.321 e. The fourth-order valence-corrected chi connectivity index (χ4v) is 2.29. The van der Waals surface area contributed by atoms with Gasteiger partial charge in [0.1, 0.15) is 5.69 Å². The molecule has 1 N–H and O–H groups in total. The number of hydrogen-bond acceptors (Lipinski definition) is 3. The van der Waals surface area contributed by atoms with Crippen molar-refractivity contribution >= 4 is 23.2 Å². The van der Waals surface area contributed by atoms with Crippen LogP contribution in [0.5, 0.6) is 0 Å². The Labute approximate surface area is 143 Å². The van der Waals surface area contributed by atoms with Gasteiger partial charge >= 0.3 is 0 Å². The molecule has 3 aromatic rings. The maximum atomic E-state index is 12.3. The predicted octanol–water partition coefficient (Wildman–Crippen LogP) is 3.20. The number of hydrogen-bond donors (Lipinski definition) is 1. The Morgan fingerprint density at radius 2 is 1.71 bits per heavy atom. The quantitative estimate of drug-likeness (QED) is 0.794. The van der Waals surface area contributed by atoms with Crippen LogP contribution in [0.2, 0.25) is 5.02 Å². The van der Waals surface area contributed by atoms with Gasteiger partial charge in [-0.05, 0) is 35.9 Å². The van der Waals surface area contributed by atoms with Crippen LogP contribution in [0.1, 0.15) is 16.1 Å². The van der Waals surface area contributed by atoms with Crippen LogP contribution in [0.3, 0.4) is 0 Å². The smallest absolute Gasteiger partial charge is 0.276 e. The Morgan fingerprint density at radius 3 is 2.42 bits per heavy atom. The highest BCUT2D eigenvalue weighted by atomic mass is 35.5. The number of halogens is 1. The monoisotopic (exact) mass is 339 g/mol. The summed E-state index contributed by atoms with van der Waals surface area (Å²) < 4.78 is 1.27. The van der Waals surface area contributed by atoms with Gasteiger partial charge in [0.05, 0.1) is 6.54 Å². The van der Waals surface area contributed by atoms with Gasteiger partial charge in [-0.3, -0.25) is 9.59 Å². The van der Waals surface area contributed by atoms with Gasteiger partial charge in [-0.15, -0.1) is 0 Å². The lowest BCUT2D eigenvalue weighted by Crippen LogP contribution is -2.26. The van der Waals surface area contributed by atoms with E-state index < -0.39 is 0 Å². The molecular weight excluding hydrogens is 326 g/mol. The van der Waals surface area contributed by atoms with Crippen molar-refractivity contribution in [2.24, 2.45) is 0 Å². The molecule has 0 spiro atoms. The molecule has 0 unspecified atom stereocenters. The molecule has 0 radical (unpaired) electrons. The molecule has 6 heteroatoms. The average Bonchev–Trinajstić information content (AvgIpc) is 2.60. The summed E-state index contributed by atoms with van der Waals surface area (Å²) in [4.78, 5) is 24.2. The van der Waals surface area contributed by atoms with Crippen LogP contribution in [0, 0.1) is 0 Å². The standard InChI is InChI=1S/C18H14ClN3O2/c19-14-6-8-15(9-7-14)20-18(24)16-10-11-17(23)22(21-16)12-13-4-2-1-3-5-13/h1-11H,12H2,(H,20,24). The first-order valence-electron chi connectivity index (χ1n) is 7.31. The van der Waals surface area contributed by atoms with E-state index in [9.17, 15) is 9.59 Å². The zero-order chi connectivity index (χ0) is 16.9. The van der Waals surface area contributed by atoms with Gasteiger partial charge in [-0.2, -0.15) is 5.10 Å². The minimum atomic E-state index is -0.390. The highest BCUT2D eigenvalue weighted by Gasteiger charge is 2.10. The van der Waals surface area contributed by atoms with E-state index in [1.807, 2.05) is 30.3 Å². The van der Waals surface area contributed by atoms with Crippen LogP contribution in [0.25, 0.3) is 0 Å². The van der Waals surface area contributed by atoms with Crippen LogP contribution in [0.15, 0.2) is 71.5 Å². The lowest BCUT2D eigenvalue weighted by atomic mass is 10.2. The zero-order valence-corrected chi connectivity index (χ0v) is 13.4. The predicted molar refractivity (Wildman–Crippen MR) is 93.4 cm³/mol. The molecule has 0 atom stereocenters. The van der Waals surface area contributed by atoms with Gasteiger partial charge in [0.15, 0.2) is 0 Å². The summed E-state index contributed by atoms with van der Waals surface area (Å²) in [6.07, 6.45) is 0. The summed E-state index contributed by atoms with van der Waals surface area (Å²) in [6.45, 7) is 0.307. The van der Waals surface area contributed by atoms with Gasteiger partial charge in [-0.1, -0.05) is 41.9 Å². The zero-order valence-electron chi connectivity index (χ0n) is 12.6. The second-order valence-corrected chi connectivity index (χ2v) is 5.60. The van der Waals surface area contributed by atoms with E-state index in [4.69, 9.17) is 11.6 Å².